The van der Waals surface area contributed by atoms with E-state index in [0.29, 0.717) is 48.0 Å². The molecule has 30 heavy (non-hydrogen) atoms. The summed E-state index contributed by atoms with van der Waals surface area (Å²) in [5.74, 6) is -0.297. The average Bonchev–Trinajstić information content (AvgIpc) is 3.39. The molecular weight excluding hydrogens is 426 g/mol. The summed E-state index contributed by atoms with van der Waals surface area (Å²) in [5, 5.41) is 11.3. The third-order valence-corrected chi connectivity index (χ3v) is 6.62. The molecule has 0 aliphatic carbocycles. The number of ether oxygens (including phenoxy) is 1. The number of nitrogens with one attached hydrogen (secondary N) is 1. The highest BCUT2D eigenvalue weighted by Crippen LogP contribution is 2.29. The van der Waals surface area contributed by atoms with Gasteiger partial charge in [-0.2, -0.15) is 4.98 Å². The van der Waals surface area contributed by atoms with E-state index in [9.17, 15) is 9.59 Å². The topological polar surface area (TPSA) is 110 Å². The number of rotatable bonds is 7. The van der Waals surface area contributed by atoms with Gasteiger partial charge in [-0.15, -0.1) is 10.2 Å². The Kier molecular flexibility index (Phi) is 6.48. The van der Waals surface area contributed by atoms with E-state index in [1.165, 1.54) is 23.1 Å². The number of hydrogen-bond donors (Lipinski definition) is 1. The summed E-state index contributed by atoms with van der Waals surface area (Å²) in [6.45, 7) is 3.50. The Morgan fingerprint density at radius 1 is 1.30 bits per heavy atom. The first-order chi connectivity index (χ1) is 14.6. The van der Waals surface area contributed by atoms with Gasteiger partial charge in [0.1, 0.15) is 5.52 Å². The van der Waals surface area contributed by atoms with Gasteiger partial charge < -0.3 is 19.4 Å². The zero-order valence-electron chi connectivity index (χ0n) is 16.4. The van der Waals surface area contributed by atoms with Crippen LogP contribution in [0.1, 0.15) is 19.8 Å². The molecule has 1 aliphatic rings. The van der Waals surface area contributed by atoms with Crippen molar-refractivity contribution >= 4 is 57.2 Å². The van der Waals surface area contributed by atoms with Crippen LogP contribution < -0.4 is 10.2 Å². The second-order valence-electron chi connectivity index (χ2n) is 6.68. The lowest BCUT2D eigenvalue weighted by Gasteiger charge is -2.29. The number of hydrogen-bond acceptors (Lipinski definition) is 10. The molecule has 2 aromatic heterocycles. The fraction of sp³-hybridized carbons (Fsp3) is 0.421. The van der Waals surface area contributed by atoms with Crippen LogP contribution in [-0.4, -0.2) is 52.5 Å². The van der Waals surface area contributed by atoms with Crippen LogP contribution in [0.25, 0.3) is 11.1 Å². The van der Waals surface area contributed by atoms with E-state index >= 15 is 0 Å². The van der Waals surface area contributed by atoms with Crippen molar-refractivity contribution in [3.05, 3.63) is 24.3 Å². The Bertz CT molecular complexity index is 996. The highest BCUT2D eigenvalue weighted by molar-refractivity contribution is 8.01. The van der Waals surface area contributed by atoms with E-state index in [-0.39, 0.29) is 23.5 Å². The van der Waals surface area contributed by atoms with Crippen molar-refractivity contribution in [2.45, 2.75) is 24.1 Å². The van der Waals surface area contributed by atoms with Gasteiger partial charge in [-0.05, 0) is 31.9 Å². The monoisotopic (exact) mass is 447 g/mol. The fourth-order valence-electron chi connectivity index (χ4n) is 3.18. The number of fused-ring (bicyclic) bond motifs is 1. The predicted molar refractivity (Wildman–Crippen MR) is 115 cm³/mol. The van der Waals surface area contributed by atoms with Crippen LogP contribution in [0.15, 0.2) is 33.0 Å². The Hall–Kier alpha value is -2.66. The minimum atomic E-state index is -0.297. The molecular formula is C19H21N5O4S2. The van der Waals surface area contributed by atoms with Crippen LogP contribution in [0, 0.1) is 5.92 Å². The number of para-hydroxylation sites is 2. The molecule has 1 saturated heterocycles. The fourth-order valence-corrected chi connectivity index (χ4v) is 4.73. The Morgan fingerprint density at radius 3 is 2.87 bits per heavy atom. The van der Waals surface area contributed by atoms with Crippen LogP contribution in [0.2, 0.25) is 0 Å². The standard InChI is InChI=1S/C19H21N5O4S2/c1-2-27-15(25)11-29-19-23-22-17(30-19)21-16(26)12-7-9-24(10-8-12)18-20-13-5-3-4-6-14(13)28-18/h3-6,12H,2,7-11H2,1H3,(H,21,22,26). The van der Waals surface area contributed by atoms with E-state index in [1.807, 2.05) is 24.3 Å². The molecule has 1 amide bonds. The molecule has 0 unspecified atom stereocenters. The normalized spacial score (nSPS) is 14.8. The van der Waals surface area contributed by atoms with Crippen LogP contribution in [-0.2, 0) is 14.3 Å². The number of esters is 1. The van der Waals surface area contributed by atoms with Crippen molar-refractivity contribution in [2.24, 2.45) is 5.92 Å². The first kappa shape index (κ1) is 20.6. The van der Waals surface area contributed by atoms with Crippen LogP contribution in [0.5, 0.6) is 0 Å². The molecule has 9 nitrogen and oxygen atoms in total. The summed E-state index contributed by atoms with van der Waals surface area (Å²) in [6, 6.07) is 8.26. The van der Waals surface area contributed by atoms with E-state index in [4.69, 9.17) is 9.15 Å². The van der Waals surface area contributed by atoms with Crippen molar-refractivity contribution in [2.75, 3.05) is 35.7 Å². The Labute approximate surface area is 181 Å². The van der Waals surface area contributed by atoms with Gasteiger partial charge in [-0.1, -0.05) is 35.2 Å². The van der Waals surface area contributed by atoms with Gasteiger partial charge in [0.2, 0.25) is 11.0 Å². The van der Waals surface area contributed by atoms with Gasteiger partial charge in [0.25, 0.3) is 6.01 Å². The number of anilines is 2. The predicted octanol–water partition coefficient (Wildman–Crippen LogP) is 3.19. The van der Waals surface area contributed by atoms with E-state index < -0.39 is 0 Å². The molecule has 158 valence electrons. The highest BCUT2D eigenvalue weighted by Gasteiger charge is 2.28. The first-order valence-corrected chi connectivity index (χ1v) is 11.5. The molecule has 0 atom stereocenters. The van der Waals surface area contributed by atoms with Gasteiger partial charge in [0, 0.05) is 19.0 Å². The molecule has 1 fully saturated rings. The van der Waals surface area contributed by atoms with E-state index in [2.05, 4.69) is 25.4 Å². The van der Waals surface area contributed by atoms with Crippen molar-refractivity contribution in [3.8, 4) is 0 Å². The third-order valence-electron chi connectivity index (χ3n) is 4.67. The van der Waals surface area contributed by atoms with Gasteiger partial charge >= 0.3 is 5.97 Å². The number of piperidine rings is 1. The summed E-state index contributed by atoms with van der Waals surface area (Å²) in [6.07, 6.45) is 1.40. The summed E-state index contributed by atoms with van der Waals surface area (Å²) >= 11 is 2.50. The molecule has 0 saturated carbocycles. The Balaban J connectivity index is 1.27. The molecule has 1 aliphatic heterocycles. The maximum Gasteiger partial charge on any atom is 0.316 e. The zero-order chi connectivity index (χ0) is 20.9. The minimum absolute atomic E-state index is 0.0645. The summed E-state index contributed by atoms with van der Waals surface area (Å²) in [5.41, 5.74) is 1.60. The molecule has 0 spiro atoms. The van der Waals surface area contributed by atoms with E-state index in [1.54, 1.807) is 6.92 Å². The number of nitrogens with zero attached hydrogens (tertiary/aromatic N) is 4. The van der Waals surface area contributed by atoms with Crippen molar-refractivity contribution in [1.29, 1.82) is 0 Å². The number of benzene rings is 1. The second-order valence-corrected chi connectivity index (χ2v) is 8.88. The van der Waals surface area contributed by atoms with Crippen molar-refractivity contribution in [3.63, 3.8) is 0 Å². The van der Waals surface area contributed by atoms with Gasteiger partial charge in [0.05, 0.1) is 12.4 Å². The lowest BCUT2D eigenvalue weighted by molar-refractivity contribution is -0.139. The molecule has 0 bridgehead atoms. The molecule has 0 radical (unpaired) electrons. The Morgan fingerprint density at radius 2 is 2.10 bits per heavy atom. The molecule has 4 rings (SSSR count). The number of aromatic nitrogens is 3. The molecule has 3 heterocycles. The minimum Gasteiger partial charge on any atom is -0.465 e. The molecule has 1 aromatic carbocycles. The van der Waals surface area contributed by atoms with Crippen LogP contribution in [0.4, 0.5) is 11.1 Å². The lowest BCUT2D eigenvalue weighted by atomic mass is 9.96. The van der Waals surface area contributed by atoms with Gasteiger partial charge in [0.15, 0.2) is 9.92 Å². The summed E-state index contributed by atoms with van der Waals surface area (Å²) in [4.78, 5) is 30.6. The van der Waals surface area contributed by atoms with E-state index in [0.717, 1.165) is 11.1 Å². The molecule has 3 aromatic rings. The summed E-state index contributed by atoms with van der Waals surface area (Å²) < 4.78 is 11.3. The number of amides is 1. The number of thioether (sulfide) groups is 1. The smallest absolute Gasteiger partial charge is 0.316 e. The second kappa shape index (κ2) is 9.43. The maximum atomic E-state index is 12.6. The average molecular weight is 448 g/mol. The molecule has 11 heteroatoms. The third kappa shape index (κ3) is 4.90. The molecule has 1 N–H and O–H groups in total. The quantitative estimate of drug-likeness (QED) is 0.332. The van der Waals surface area contributed by atoms with Gasteiger partial charge in [-0.25, -0.2) is 0 Å². The van der Waals surface area contributed by atoms with Crippen molar-refractivity contribution < 1.29 is 18.7 Å². The van der Waals surface area contributed by atoms with Crippen molar-refractivity contribution in [1.82, 2.24) is 15.2 Å². The SMILES string of the molecule is CCOC(=O)CSc1nnc(NC(=O)C2CCN(c3nc4ccccc4o3)CC2)s1. The zero-order valence-corrected chi connectivity index (χ0v) is 18.0. The van der Waals surface area contributed by atoms with Gasteiger partial charge in [-0.3, -0.25) is 9.59 Å². The maximum absolute atomic E-state index is 12.6. The lowest BCUT2D eigenvalue weighted by Crippen LogP contribution is -2.38. The number of carbonyl (C=O) groups is 2. The first-order valence-electron chi connectivity index (χ1n) is 9.65. The number of oxazole rings is 1. The van der Waals surface area contributed by atoms with Crippen LogP contribution in [0.3, 0.4) is 0 Å². The highest BCUT2D eigenvalue weighted by atomic mass is 32.2. The summed E-state index contributed by atoms with van der Waals surface area (Å²) in [7, 11) is 0. The van der Waals surface area contributed by atoms with Crippen LogP contribution >= 0.6 is 23.1 Å². The largest absolute Gasteiger partial charge is 0.465 e. The number of carbonyl (C=O) groups excluding carboxylic acids is 2.